The van der Waals surface area contributed by atoms with E-state index in [9.17, 15) is 0 Å². The Kier molecular flexibility index (Phi) is 2.95. The molecule has 0 saturated carbocycles. The van der Waals surface area contributed by atoms with Crippen molar-refractivity contribution >= 4 is 11.6 Å². The van der Waals surface area contributed by atoms with Crippen molar-refractivity contribution in [3.63, 3.8) is 0 Å². The molecule has 15 heavy (non-hydrogen) atoms. The highest BCUT2D eigenvalue weighted by Gasteiger charge is 2.39. The summed E-state index contributed by atoms with van der Waals surface area (Å²) in [5.74, 6) is 0. The van der Waals surface area contributed by atoms with Gasteiger partial charge in [-0.3, -0.25) is 0 Å². The quantitative estimate of drug-likeness (QED) is 0.786. The first-order valence-electron chi connectivity index (χ1n) is 4.98. The molecular formula is C12H12ClNO. The molecule has 2 nitrogen and oxygen atoms in total. The van der Waals surface area contributed by atoms with Crippen molar-refractivity contribution in [2.24, 2.45) is 0 Å². The number of halogens is 1. The third-order valence-corrected chi connectivity index (χ3v) is 3.14. The van der Waals surface area contributed by atoms with E-state index in [2.05, 4.69) is 12.1 Å². The van der Waals surface area contributed by atoms with Crippen LogP contribution in [-0.4, -0.2) is 13.2 Å². The Bertz CT molecular complexity index is 393. The highest BCUT2D eigenvalue weighted by Crippen LogP contribution is 2.37. The first kappa shape index (κ1) is 10.5. The second-order valence-electron chi connectivity index (χ2n) is 3.94. The van der Waals surface area contributed by atoms with E-state index in [1.165, 1.54) is 5.56 Å². The van der Waals surface area contributed by atoms with E-state index in [0.29, 0.717) is 19.6 Å². The molecular weight excluding hydrogens is 210 g/mol. The Balaban J connectivity index is 2.23. The van der Waals surface area contributed by atoms with Crippen molar-refractivity contribution in [1.29, 1.82) is 5.26 Å². The molecule has 78 valence electrons. The van der Waals surface area contributed by atoms with Gasteiger partial charge in [0.05, 0.1) is 19.3 Å². The second-order valence-corrected chi connectivity index (χ2v) is 4.38. The summed E-state index contributed by atoms with van der Waals surface area (Å²) in [6.45, 7) is 1.41. The van der Waals surface area contributed by atoms with E-state index in [0.717, 1.165) is 11.4 Å². The van der Waals surface area contributed by atoms with Gasteiger partial charge in [-0.1, -0.05) is 23.7 Å². The maximum atomic E-state index is 8.63. The molecule has 1 fully saturated rings. The van der Waals surface area contributed by atoms with Crippen molar-refractivity contribution in [2.45, 2.75) is 18.3 Å². The third kappa shape index (κ3) is 1.99. The highest BCUT2D eigenvalue weighted by atomic mass is 35.5. The van der Waals surface area contributed by atoms with Crippen LogP contribution in [0, 0.1) is 11.3 Å². The van der Waals surface area contributed by atoms with E-state index in [4.69, 9.17) is 21.6 Å². The third-order valence-electron chi connectivity index (χ3n) is 2.91. The fraction of sp³-hybridized carbons (Fsp3) is 0.417. The van der Waals surface area contributed by atoms with E-state index in [1.54, 1.807) is 0 Å². The molecule has 1 aromatic rings. The SMILES string of the molecule is N#CCCC1(c2cccc(Cl)c2)COC1. The summed E-state index contributed by atoms with van der Waals surface area (Å²) in [6, 6.07) is 10.0. The van der Waals surface area contributed by atoms with Crippen LogP contribution >= 0.6 is 11.6 Å². The van der Waals surface area contributed by atoms with E-state index < -0.39 is 0 Å². The van der Waals surface area contributed by atoms with E-state index >= 15 is 0 Å². The lowest BCUT2D eigenvalue weighted by molar-refractivity contribution is -0.0636. The molecule has 0 spiro atoms. The molecule has 1 aliphatic heterocycles. The number of nitriles is 1. The smallest absolute Gasteiger partial charge is 0.0622 e. The fourth-order valence-electron chi connectivity index (χ4n) is 1.92. The Labute approximate surface area is 94.4 Å². The number of benzene rings is 1. The molecule has 0 N–H and O–H groups in total. The lowest BCUT2D eigenvalue weighted by Crippen LogP contribution is -2.46. The van der Waals surface area contributed by atoms with Gasteiger partial charge in [-0.15, -0.1) is 0 Å². The largest absolute Gasteiger partial charge is 0.379 e. The van der Waals surface area contributed by atoms with Crippen LogP contribution in [0.25, 0.3) is 0 Å². The van der Waals surface area contributed by atoms with Crippen LogP contribution < -0.4 is 0 Å². The maximum absolute atomic E-state index is 8.63. The van der Waals surface area contributed by atoms with Crippen LogP contribution in [-0.2, 0) is 10.2 Å². The fourth-order valence-corrected chi connectivity index (χ4v) is 2.11. The Morgan fingerprint density at radius 2 is 2.27 bits per heavy atom. The number of hydrogen-bond acceptors (Lipinski definition) is 2. The zero-order valence-corrected chi connectivity index (χ0v) is 9.13. The van der Waals surface area contributed by atoms with Gasteiger partial charge in [-0.2, -0.15) is 5.26 Å². The van der Waals surface area contributed by atoms with Crippen molar-refractivity contribution < 1.29 is 4.74 Å². The monoisotopic (exact) mass is 221 g/mol. The Morgan fingerprint density at radius 3 is 2.80 bits per heavy atom. The summed E-state index contributed by atoms with van der Waals surface area (Å²) in [5, 5.41) is 9.38. The minimum absolute atomic E-state index is 0.0284. The average molecular weight is 222 g/mol. The standard InChI is InChI=1S/C12H12ClNO/c13-11-4-1-3-10(7-11)12(5-2-6-14)8-15-9-12/h1,3-4,7H,2,5,8-9H2. The lowest BCUT2D eigenvalue weighted by atomic mass is 9.75. The average Bonchev–Trinajstić information content (AvgIpc) is 2.16. The molecule has 0 aromatic heterocycles. The van der Waals surface area contributed by atoms with Crippen molar-refractivity contribution in [3.05, 3.63) is 34.9 Å². The number of hydrogen-bond donors (Lipinski definition) is 0. The molecule has 1 aliphatic rings. The first-order valence-corrected chi connectivity index (χ1v) is 5.35. The Morgan fingerprint density at radius 1 is 1.47 bits per heavy atom. The number of nitrogens with zero attached hydrogens (tertiary/aromatic N) is 1. The van der Waals surface area contributed by atoms with Gasteiger partial charge in [0, 0.05) is 16.9 Å². The van der Waals surface area contributed by atoms with Gasteiger partial charge in [0.25, 0.3) is 0 Å². The lowest BCUT2D eigenvalue weighted by Gasteiger charge is -2.41. The minimum atomic E-state index is 0.0284. The van der Waals surface area contributed by atoms with Gasteiger partial charge in [-0.05, 0) is 24.1 Å². The van der Waals surface area contributed by atoms with Crippen molar-refractivity contribution in [3.8, 4) is 6.07 Å². The summed E-state index contributed by atoms with van der Waals surface area (Å²) >= 11 is 5.96. The molecule has 0 bridgehead atoms. The Hall–Kier alpha value is -1.04. The van der Waals surface area contributed by atoms with Gasteiger partial charge in [0.1, 0.15) is 0 Å². The number of rotatable bonds is 3. The summed E-state index contributed by atoms with van der Waals surface area (Å²) in [5.41, 5.74) is 1.22. The summed E-state index contributed by atoms with van der Waals surface area (Å²) in [4.78, 5) is 0. The van der Waals surface area contributed by atoms with Gasteiger partial charge in [-0.25, -0.2) is 0 Å². The molecule has 0 unspecified atom stereocenters. The minimum Gasteiger partial charge on any atom is -0.379 e. The van der Waals surface area contributed by atoms with Crippen molar-refractivity contribution in [1.82, 2.24) is 0 Å². The van der Waals surface area contributed by atoms with Crippen molar-refractivity contribution in [2.75, 3.05) is 13.2 Å². The van der Waals surface area contributed by atoms with Crippen LogP contribution in [0.1, 0.15) is 18.4 Å². The van der Waals surface area contributed by atoms with E-state index in [-0.39, 0.29) is 5.41 Å². The van der Waals surface area contributed by atoms with Crippen LogP contribution in [0.2, 0.25) is 5.02 Å². The van der Waals surface area contributed by atoms with Crippen LogP contribution in [0.15, 0.2) is 24.3 Å². The molecule has 0 radical (unpaired) electrons. The predicted octanol–water partition coefficient (Wildman–Crippen LogP) is 2.91. The summed E-state index contributed by atoms with van der Waals surface area (Å²) < 4.78 is 5.28. The zero-order chi connectivity index (χ0) is 10.7. The highest BCUT2D eigenvalue weighted by molar-refractivity contribution is 6.30. The summed E-state index contributed by atoms with van der Waals surface area (Å²) in [6.07, 6.45) is 1.42. The van der Waals surface area contributed by atoms with E-state index in [1.807, 2.05) is 18.2 Å². The first-order chi connectivity index (χ1) is 7.27. The molecule has 0 atom stereocenters. The topological polar surface area (TPSA) is 33.0 Å². The number of ether oxygens (including phenoxy) is 1. The predicted molar refractivity (Wildman–Crippen MR) is 58.8 cm³/mol. The molecule has 2 rings (SSSR count). The van der Waals surface area contributed by atoms with Crippen LogP contribution in [0.4, 0.5) is 0 Å². The maximum Gasteiger partial charge on any atom is 0.0622 e. The van der Waals surface area contributed by atoms with Crippen LogP contribution in [0.5, 0.6) is 0 Å². The second kappa shape index (κ2) is 4.22. The molecule has 1 aromatic carbocycles. The molecule has 3 heteroatoms. The van der Waals surface area contributed by atoms with Gasteiger partial charge in [0.2, 0.25) is 0 Å². The molecule has 0 amide bonds. The zero-order valence-electron chi connectivity index (χ0n) is 8.37. The van der Waals surface area contributed by atoms with Gasteiger partial charge < -0.3 is 4.74 Å². The molecule has 0 aliphatic carbocycles. The molecule has 1 saturated heterocycles. The van der Waals surface area contributed by atoms with Gasteiger partial charge >= 0.3 is 0 Å². The normalized spacial score (nSPS) is 17.9. The molecule has 1 heterocycles. The summed E-state index contributed by atoms with van der Waals surface area (Å²) in [7, 11) is 0. The van der Waals surface area contributed by atoms with Gasteiger partial charge in [0.15, 0.2) is 0 Å². The van der Waals surface area contributed by atoms with Crippen LogP contribution in [0.3, 0.4) is 0 Å².